The lowest BCUT2D eigenvalue weighted by Crippen LogP contribution is -2.47. The summed E-state index contributed by atoms with van der Waals surface area (Å²) in [6.45, 7) is 2.07. The first-order valence-corrected chi connectivity index (χ1v) is 4.19. The summed E-state index contributed by atoms with van der Waals surface area (Å²) in [5, 5.41) is 11.4. The Bertz CT molecular complexity index is 216. The van der Waals surface area contributed by atoms with E-state index in [-0.39, 0.29) is 18.6 Å². The number of rotatable bonds is 2. The average Bonchev–Trinajstić information content (AvgIpc) is 2.03. The van der Waals surface area contributed by atoms with Crippen LogP contribution in [0.5, 0.6) is 0 Å². The summed E-state index contributed by atoms with van der Waals surface area (Å²) >= 11 is 0. The molecule has 5 heteroatoms. The van der Waals surface area contributed by atoms with Crippen molar-refractivity contribution in [3.63, 3.8) is 0 Å². The molecule has 0 unspecified atom stereocenters. The number of amides is 1. The van der Waals surface area contributed by atoms with E-state index < -0.39 is 11.9 Å². The van der Waals surface area contributed by atoms with E-state index in [1.54, 1.807) is 0 Å². The average molecular weight is 187 g/mol. The van der Waals surface area contributed by atoms with Crippen molar-refractivity contribution >= 4 is 11.9 Å². The van der Waals surface area contributed by atoms with Crippen LogP contribution in [0.2, 0.25) is 0 Å². The number of carboxylic acids is 1. The SMILES string of the molecule is CC(=O)N[C@@H]1CCOC[C@@H]1C(=O)O. The van der Waals surface area contributed by atoms with Crippen LogP contribution in [0.25, 0.3) is 0 Å². The highest BCUT2D eigenvalue weighted by molar-refractivity contribution is 5.76. The van der Waals surface area contributed by atoms with Crippen molar-refractivity contribution in [3.05, 3.63) is 0 Å². The molecule has 1 heterocycles. The molecular weight excluding hydrogens is 174 g/mol. The molecular formula is C8H13NO4. The molecule has 1 fully saturated rings. The number of aliphatic carboxylic acids is 1. The van der Waals surface area contributed by atoms with E-state index >= 15 is 0 Å². The van der Waals surface area contributed by atoms with Gasteiger partial charge in [0.05, 0.1) is 6.61 Å². The molecule has 1 amide bonds. The summed E-state index contributed by atoms with van der Waals surface area (Å²) in [7, 11) is 0. The normalized spacial score (nSPS) is 28.1. The Hall–Kier alpha value is -1.10. The molecule has 2 N–H and O–H groups in total. The quantitative estimate of drug-likeness (QED) is 0.617. The molecule has 13 heavy (non-hydrogen) atoms. The fourth-order valence-corrected chi connectivity index (χ4v) is 1.42. The van der Waals surface area contributed by atoms with Gasteiger partial charge in [0.25, 0.3) is 0 Å². The van der Waals surface area contributed by atoms with Gasteiger partial charge in [0.15, 0.2) is 0 Å². The number of carbonyl (C=O) groups is 2. The van der Waals surface area contributed by atoms with E-state index in [2.05, 4.69) is 5.32 Å². The molecule has 0 saturated carbocycles. The van der Waals surface area contributed by atoms with Gasteiger partial charge in [0.2, 0.25) is 5.91 Å². The number of nitrogens with one attached hydrogen (secondary N) is 1. The van der Waals surface area contributed by atoms with Gasteiger partial charge >= 0.3 is 5.97 Å². The van der Waals surface area contributed by atoms with Gasteiger partial charge in [-0.2, -0.15) is 0 Å². The highest BCUT2D eigenvalue weighted by Gasteiger charge is 2.31. The van der Waals surface area contributed by atoms with Gasteiger partial charge in [-0.05, 0) is 6.42 Å². The number of hydrogen-bond donors (Lipinski definition) is 2. The Kier molecular flexibility index (Phi) is 3.25. The van der Waals surface area contributed by atoms with Crippen LogP contribution in [-0.4, -0.2) is 36.2 Å². The maximum atomic E-state index is 10.7. The fourth-order valence-electron chi connectivity index (χ4n) is 1.42. The molecule has 74 valence electrons. The molecule has 0 bridgehead atoms. The molecule has 0 aliphatic carbocycles. The molecule has 0 aromatic carbocycles. The standard InChI is InChI=1S/C8H13NO4/c1-5(10)9-7-2-3-13-4-6(7)8(11)12/h6-7H,2-4H2,1H3,(H,9,10)(H,11,12)/t6-,7+/m0/s1. The van der Waals surface area contributed by atoms with Crippen molar-refractivity contribution in [2.45, 2.75) is 19.4 Å². The Morgan fingerprint density at radius 2 is 2.23 bits per heavy atom. The summed E-state index contributed by atoms with van der Waals surface area (Å²) in [4.78, 5) is 21.5. The molecule has 0 spiro atoms. The summed E-state index contributed by atoms with van der Waals surface area (Å²) in [6, 6.07) is -0.288. The van der Waals surface area contributed by atoms with Gasteiger partial charge < -0.3 is 15.2 Å². The Labute approximate surface area is 76.1 Å². The first-order chi connectivity index (χ1) is 6.11. The molecule has 0 radical (unpaired) electrons. The van der Waals surface area contributed by atoms with Crippen molar-refractivity contribution in [1.82, 2.24) is 5.32 Å². The monoisotopic (exact) mass is 187 g/mol. The van der Waals surface area contributed by atoms with Crippen LogP contribution < -0.4 is 5.32 Å². The molecule has 5 nitrogen and oxygen atoms in total. The zero-order valence-corrected chi connectivity index (χ0v) is 7.45. The van der Waals surface area contributed by atoms with Crippen molar-refractivity contribution < 1.29 is 19.4 Å². The first-order valence-electron chi connectivity index (χ1n) is 4.19. The van der Waals surface area contributed by atoms with Gasteiger partial charge in [0.1, 0.15) is 5.92 Å². The lowest BCUT2D eigenvalue weighted by molar-refractivity contribution is -0.148. The van der Waals surface area contributed by atoms with E-state index in [4.69, 9.17) is 9.84 Å². The van der Waals surface area contributed by atoms with Crippen molar-refractivity contribution in [2.75, 3.05) is 13.2 Å². The highest BCUT2D eigenvalue weighted by atomic mass is 16.5. The van der Waals surface area contributed by atoms with E-state index in [0.29, 0.717) is 13.0 Å². The summed E-state index contributed by atoms with van der Waals surface area (Å²) < 4.78 is 5.02. The predicted octanol–water partition coefficient (Wildman–Crippen LogP) is -0.388. The topological polar surface area (TPSA) is 75.6 Å². The maximum Gasteiger partial charge on any atom is 0.310 e. The summed E-state index contributed by atoms with van der Waals surface area (Å²) in [6.07, 6.45) is 0.566. The van der Waals surface area contributed by atoms with Crippen LogP contribution in [0, 0.1) is 5.92 Å². The summed E-state index contributed by atoms with van der Waals surface area (Å²) in [5.74, 6) is -1.73. The highest BCUT2D eigenvalue weighted by Crippen LogP contribution is 2.14. The maximum absolute atomic E-state index is 10.7. The van der Waals surface area contributed by atoms with Crippen molar-refractivity contribution in [2.24, 2.45) is 5.92 Å². The minimum Gasteiger partial charge on any atom is -0.481 e. The van der Waals surface area contributed by atoms with Crippen LogP contribution in [0.15, 0.2) is 0 Å². The van der Waals surface area contributed by atoms with E-state index in [0.717, 1.165) is 0 Å². The second-order valence-corrected chi connectivity index (χ2v) is 3.12. The lowest BCUT2D eigenvalue weighted by atomic mass is 9.96. The van der Waals surface area contributed by atoms with Gasteiger partial charge in [-0.25, -0.2) is 0 Å². The smallest absolute Gasteiger partial charge is 0.310 e. The summed E-state index contributed by atoms with van der Waals surface area (Å²) in [5.41, 5.74) is 0. The number of carbonyl (C=O) groups excluding carboxylic acids is 1. The molecule has 1 aliphatic rings. The predicted molar refractivity (Wildman–Crippen MR) is 44.2 cm³/mol. The largest absolute Gasteiger partial charge is 0.481 e. The molecule has 1 rings (SSSR count). The second kappa shape index (κ2) is 4.23. The third-order valence-corrected chi connectivity index (χ3v) is 2.06. The van der Waals surface area contributed by atoms with E-state index in [1.807, 2.05) is 0 Å². The fraction of sp³-hybridized carbons (Fsp3) is 0.750. The van der Waals surface area contributed by atoms with E-state index in [9.17, 15) is 9.59 Å². The first kappa shape index (κ1) is 9.98. The van der Waals surface area contributed by atoms with Crippen LogP contribution in [-0.2, 0) is 14.3 Å². The zero-order valence-electron chi connectivity index (χ0n) is 7.45. The molecule has 0 aromatic rings. The number of carboxylic acid groups (broad SMARTS) is 1. The van der Waals surface area contributed by atoms with Gasteiger partial charge in [-0.3, -0.25) is 9.59 Å². The minimum atomic E-state index is -0.918. The van der Waals surface area contributed by atoms with Crippen LogP contribution in [0.1, 0.15) is 13.3 Å². The van der Waals surface area contributed by atoms with Crippen LogP contribution in [0.3, 0.4) is 0 Å². The Morgan fingerprint density at radius 3 is 2.77 bits per heavy atom. The molecule has 1 aliphatic heterocycles. The minimum absolute atomic E-state index is 0.181. The van der Waals surface area contributed by atoms with Crippen molar-refractivity contribution in [1.29, 1.82) is 0 Å². The zero-order chi connectivity index (χ0) is 9.84. The lowest BCUT2D eigenvalue weighted by Gasteiger charge is -2.28. The number of hydrogen-bond acceptors (Lipinski definition) is 3. The Balaban J connectivity index is 2.56. The van der Waals surface area contributed by atoms with Crippen molar-refractivity contribution in [3.8, 4) is 0 Å². The van der Waals surface area contributed by atoms with Crippen LogP contribution >= 0.6 is 0 Å². The second-order valence-electron chi connectivity index (χ2n) is 3.12. The third kappa shape index (κ3) is 2.69. The molecule has 0 aromatic heterocycles. The third-order valence-electron chi connectivity index (χ3n) is 2.06. The van der Waals surface area contributed by atoms with Gasteiger partial charge in [-0.1, -0.05) is 0 Å². The Morgan fingerprint density at radius 1 is 1.54 bits per heavy atom. The van der Waals surface area contributed by atoms with Crippen LogP contribution in [0.4, 0.5) is 0 Å². The number of ether oxygens (including phenoxy) is 1. The van der Waals surface area contributed by atoms with Gasteiger partial charge in [0, 0.05) is 19.6 Å². The van der Waals surface area contributed by atoms with E-state index in [1.165, 1.54) is 6.92 Å². The molecule has 1 saturated heterocycles. The molecule has 2 atom stereocenters. The van der Waals surface area contributed by atoms with Gasteiger partial charge in [-0.15, -0.1) is 0 Å².